The Morgan fingerprint density at radius 1 is 1.67 bits per heavy atom. The molecule has 4 N–H and O–H groups in total. The molecule has 0 aromatic carbocycles. The van der Waals surface area contributed by atoms with E-state index in [2.05, 4.69) is 24.8 Å². The molecule has 2 aliphatic rings. The third-order valence-electron chi connectivity index (χ3n) is 2.96. The van der Waals surface area contributed by atoms with Gasteiger partial charge in [0.05, 0.1) is 0 Å². The Kier molecular flexibility index (Phi) is 1.35. The fourth-order valence-electron chi connectivity index (χ4n) is 1.91. The number of hydrogen-bond acceptors (Lipinski definition) is 2. The van der Waals surface area contributed by atoms with Gasteiger partial charge in [0, 0.05) is 17.5 Å². The van der Waals surface area contributed by atoms with Gasteiger partial charge in [-0.2, -0.15) is 0 Å². The zero-order valence-electron chi connectivity index (χ0n) is 7.09. The molecule has 0 saturated heterocycles. The first kappa shape index (κ1) is 7.77. The zero-order valence-corrected chi connectivity index (χ0v) is 7.09. The van der Waals surface area contributed by atoms with Crippen molar-refractivity contribution in [1.29, 1.82) is 0 Å². The van der Waals surface area contributed by atoms with Crippen LogP contribution in [0.4, 0.5) is 0 Å². The average Bonchev–Trinajstić information content (AvgIpc) is 2.44. The van der Waals surface area contributed by atoms with Crippen LogP contribution in [0.5, 0.6) is 0 Å². The fraction of sp³-hybridized carbons (Fsp3) is 0.400. The molecule has 1 saturated carbocycles. The lowest BCUT2D eigenvalue weighted by Gasteiger charge is -2.08. The van der Waals surface area contributed by atoms with Gasteiger partial charge in [0.25, 0.3) is 0 Å². The maximum Gasteiger partial charge on any atom is 0.0477 e. The Bertz CT molecular complexity index is 290. The summed E-state index contributed by atoms with van der Waals surface area (Å²) in [7, 11) is 0. The summed E-state index contributed by atoms with van der Waals surface area (Å²) in [6.45, 7) is 4.35. The van der Waals surface area contributed by atoms with Crippen LogP contribution in [0.25, 0.3) is 0 Å². The molecule has 0 heterocycles. The van der Waals surface area contributed by atoms with Crippen LogP contribution in [0, 0.1) is 5.41 Å². The molecule has 2 aliphatic carbocycles. The van der Waals surface area contributed by atoms with Crippen LogP contribution >= 0.6 is 0 Å². The molecular formula is C10H14N2. The van der Waals surface area contributed by atoms with Gasteiger partial charge in [-0.15, -0.1) is 6.58 Å². The Morgan fingerprint density at radius 3 is 2.83 bits per heavy atom. The third-order valence-corrected chi connectivity index (χ3v) is 2.96. The first-order valence-corrected chi connectivity index (χ1v) is 4.19. The van der Waals surface area contributed by atoms with Gasteiger partial charge in [-0.25, -0.2) is 0 Å². The minimum Gasteiger partial charge on any atom is -0.327 e. The quantitative estimate of drug-likeness (QED) is 0.588. The summed E-state index contributed by atoms with van der Waals surface area (Å²) in [6, 6.07) is 0. The standard InChI is InChI=1S/C10H14N2/c1-2-10(12)7-9(10)4-3-8(5-9)6-11/h2-5H,1,6-7,11-12H2. The van der Waals surface area contributed by atoms with Crippen molar-refractivity contribution in [3.8, 4) is 0 Å². The molecule has 0 amide bonds. The summed E-state index contributed by atoms with van der Waals surface area (Å²) in [5, 5.41) is 0. The molecular weight excluding hydrogens is 148 g/mol. The second-order valence-electron chi connectivity index (χ2n) is 3.72. The van der Waals surface area contributed by atoms with Crippen LogP contribution < -0.4 is 11.5 Å². The van der Waals surface area contributed by atoms with Crippen molar-refractivity contribution in [3.05, 3.63) is 36.5 Å². The minimum atomic E-state index is -0.208. The van der Waals surface area contributed by atoms with E-state index in [-0.39, 0.29) is 11.0 Å². The predicted molar refractivity (Wildman–Crippen MR) is 50.4 cm³/mol. The Hall–Kier alpha value is -0.860. The molecule has 0 aliphatic heterocycles. The van der Waals surface area contributed by atoms with E-state index in [0.29, 0.717) is 6.54 Å². The van der Waals surface area contributed by atoms with E-state index in [4.69, 9.17) is 11.5 Å². The highest BCUT2D eigenvalue weighted by Crippen LogP contribution is 2.59. The molecule has 64 valence electrons. The molecule has 2 heteroatoms. The molecule has 12 heavy (non-hydrogen) atoms. The normalized spacial score (nSPS) is 43.3. The van der Waals surface area contributed by atoms with Gasteiger partial charge in [0.15, 0.2) is 0 Å². The summed E-state index contributed by atoms with van der Waals surface area (Å²) < 4.78 is 0. The predicted octanol–water partition coefficient (Wildman–Crippen LogP) is 0.715. The Morgan fingerprint density at radius 2 is 2.42 bits per heavy atom. The monoisotopic (exact) mass is 162 g/mol. The third kappa shape index (κ3) is 0.765. The molecule has 1 spiro atoms. The fourth-order valence-corrected chi connectivity index (χ4v) is 1.91. The van der Waals surface area contributed by atoms with Crippen LogP contribution in [0.3, 0.4) is 0 Å². The second kappa shape index (κ2) is 2.09. The molecule has 0 bridgehead atoms. The minimum absolute atomic E-state index is 0.0590. The SMILES string of the molecule is C=CC1(N)CC12C=CC(CN)=C2. The molecule has 2 nitrogen and oxygen atoms in total. The van der Waals surface area contributed by atoms with Gasteiger partial charge in [0.1, 0.15) is 0 Å². The highest BCUT2D eigenvalue weighted by molar-refractivity contribution is 5.49. The lowest BCUT2D eigenvalue weighted by Crippen LogP contribution is -2.25. The average molecular weight is 162 g/mol. The Labute approximate surface area is 72.6 Å². The second-order valence-corrected chi connectivity index (χ2v) is 3.72. The highest BCUT2D eigenvalue weighted by Gasteiger charge is 2.61. The zero-order chi connectivity index (χ0) is 8.82. The maximum absolute atomic E-state index is 6.05. The van der Waals surface area contributed by atoms with Crippen LogP contribution in [0.1, 0.15) is 6.42 Å². The highest BCUT2D eigenvalue weighted by atomic mass is 14.9. The summed E-state index contributed by atoms with van der Waals surface area (Å²) in [5.41, 5.74) is 12.6. The number of nitrogens with two attached hydrogens (primary N) is 2. The molecule has 1 fully saturated rings. The van der Waals surface area contributed by atoms with Gasteiger partial charge in [0.2, 0.25) is 0 Å². The summed E-state index contributed by atoms with van der Waals surface area (Å²) >= 11 is 0. The number of rotatable bonds is 2. The van der Waals surface area contributed by atoms with Crippen LogP contribution in [0.15, 0.2) is 36.5 Å². The summed E-state index contributed by atoms with van der Waals surface area (Å²) in [5.74, 6) is 0. The maximum atomic E-state index is 6.05. The van der Waals surface area contributed by atoms with E-state index >= 15 is 0 Å². The van der Waals surface area contributed by atoms with Crippen molar-refractivity contribution in [3.63, 3.8) is 0 Å². The van der Waals surface area contributed by atoms with Gasteiger partial charge >= 0.3 is 0 Å². The van der Waals surface area contributed by atoms with E-state index < -0.39 is 0 Å². The van der Waals surface area contributed by atoms with Crippen LogP contribution in [-0.2, 0) is 0 Å². The first-order valence-electron chi connectivity index (χ1n) is 4.19. The molecule has 2 unspecified atom stereocenters. The molecule has 2 atom stereocenters. The van der Waals surface area contributed by atoms with Crippen molar-refractivity contribution in [2.45, 2.75) is 12.0 Å². The van der Waals surface area contributed by atoms with Crippen molar-refractivity contribution in [2.75, 3.05) is 6.54 Å². The van der Waals surface area contributed by atoms with Gasteiger partial charge in [-0.05, 0) is 12.0 Å². The topological polar surface area (TPSA) is 52.0 Å². The lowest BCUT2D eigenvalue weighted by atomic mass is 10.0. The van der Waals surface area contributed by atoms with Crippen LogP contribution in [0.2, 0.25) is 0 Å². The first-order chi connectivity index (χ1) is 5.66. The van der Waals surface area contributed by atoms with Gasteiger partial charge < -0.3 is 11.5 Å². The largest absolute Gasteiger partial charge is 0.327 e. The molecule has 0 radical (unpaired) electrons. The van der Waals surface area contributed by atoms with Crippen LogP contribution in [-0.4, -0.2) is 12.1 Å². The van der Waals surface area contributed by atoms with E-state index in [1.165, 1.54) is 5.57 Å². The van der Waals surface area contributed by atoms with Gasteiger partial charge in [-0.3, -0.25) is 0 Å². The van der Waals surface area contributed by atoms with E-state index in [1.807, 2.05) is 6.08 Å². The Balaban J connectivity index is 2.26. The van der Waals surface area contributed by atoms with Crippen molar-refractivity contribution in [1.82, 2.24) is 0 Å². The van der Waals surface area contributed by atoms with E-state index in [0.717, 1.165) is 6.42 Å². The number of hydrogen-bond donors (Lipinski definition) is 2. The smallest absolute Gasteiger partial charge is 0.0477 e. The molecule has 2 rings (SSSR count). The van der Waals surface area contributed by atoms with Gasteiger partial charge in [-0.1, -0.05) is 24.3 Å². The lowest BCUT2D eigenvalue weighted by molar-refractivity contribution is 0.699. The van der Waals surface area contributed by atoms with Crippen molar-refractivity contribution in [2.24, 2.45) is 16.9 Å². The van der Waals surface area contributed by atoms with Crippen molar-refractivity contribution < 1.29 is 0 Å². The summed E-state index contributed by atoms with van der Waals surface area (Å²) in [6.07, 6.45) is 9.21. The summed E-state index contributed by atoms with van der Waals surface area (Å²) in [4.78, 5) is 0. The van der Waals surface area contributed by atoms with E-state index in [1.54, 1.807) is 0 Å². The van der Waals surface area contributed by atoms with E-state index in [9.17, 15) is 0 Å². The molecule has 0 aromatic heterocycles. The molecule has 0 aromatic rings. The van der Waals surface area contributed by atoms with Crippen molar-refractivity contribution >= 4 is 0 Å².